The Balaban J connectivity index is 1.91. The molecule has 0 fully saturated rings. The summed E-state index contributed by atoms with van der Waals surface area (Å²) in [5, 5.41) is 8.51. The highest BCUT2D eigenvalue weighted by molar-refractivity contribution is 5.66. The summed E-state index contributed by atoms with van der Waals surface area (Å²) >= 11 is 0. The predicted molar refractivity (Wildman–Crippen MR) is 81.7 cm³/mol. The second kappa shape index (κ2) is 5.25. The highest BCUT2D eigenvalue weighted by atomic mass is 15.3. The van der Waals surface area contributed by atoms with E-state index in [4.69, 9.17) is 0 Å². The molecule has 6 nitrogen and oxygen atoms in total. The lowest BCUT2D eigenvalue weighted by Gasteiger charge is -2.09. The van der Waals surface area contributed by atoms with Gasteiger partial charge in [-0.2, -0.15) is 10.2 Å². The summed E-state index contributed by atoms with van der Waals surface area (Å²) in [6.07, 6.45) is 10.8. The number of pyridine rings is 2. The van der Waals surface area contributed by atoms with E-state index < -0.39 is 0 Å². The van der Waals surface area contributed by atoms with Crippen molar-refractivity contribution < 1.29 is 0 Å². The SMILES string of the molecule is c1cncc(-c2cc(-n3cccn3)nc(-n3cccn3)c2)c1. The van der Waals surface area contributed by atoms with E-state index >= 15 is 0 Å². The highest BCUT2D eigenvalue weighted by Crippen LogP contribution is 2.22. The first-order valence-electron chi connectivity index (χ1n) is 6.83. The Morgan fingerprint density at radius 3 is 1.91 bits per heavy atom. The quantitative estimate of drug-likeness (QED) is 0.581. The van der Waals surface area contributed by atoms with Crippen LogP contribution in [0.25, 0.3) is 22.8 Å². The molecule has 6 heteroatoms. The molecule has 0 aliphatic carbocycles. The molecule has 0 amide bonds. The van der Waals surface area contributed by atoms with Gasteiger partial charge >= 0.3 is 0 Å². The summed E-state index contributed by atoms with van der Waals surface area (Å²) in [6, 6.07) is 11.6. The Morgan fingerprint density at radius 1 is 0.727 bits per heavy atom. The fourth-order valence-corrected chi connectivity index (χ4v) is 2.25. The van der Waals surface area contributed by atoms with Crippen molar-refractivity contribution in [3.8, 4) is 22.8 Å². The van der Waals surface area contributed by atoms with Gasteiger partial charge in [0.1, 0.15) is 0 Å². The lowest BCUT2D eigenvalue weighted by Crippen LogP contribution is -2.04. The van der Waals surface area contributed by atoms with Crippen LogP contribution in [0.15, 0.2) is 73.6 Å². The van der Waals surface area contributed by atoms with Gasteiger partial charge in [0.2, 0.25) is 0 Å². The van der Waals surface area contributed by atoms with Crippen molar-refractivity contribution in [1.29, 1.82) is 0 Å². The normalized spacial score (nSPS) is 10.7. The first kappa shape index (κ1) is 12.5. The monoisotopic (exact) mass is 288 g/mol. The molecule has 0 saturated carbocycles. The summed E-state index contributed by atoms with van der Waals surface area (Å²) in [4.78, 5) is 8.80. The highest BCUT2D eigenvalue weighted by Gasteiger charge is 2.08. The van der Waals surface area contributed by atoms with Crippen molar-refractivity contribution in [2.45, 2.75) is 0 Å². The topological polar surface area (TPSA) is 61.4 Å². The first-order chi connectivity index (χ1) is 10.9. The van der Waals surface area contributed by atoms with Gasteiger partial charge in [-0.15, -0.1) is 0 Å². The molecule has 4 heterocycles. The summed E-state index contributed by atoms with van der Waals surface area (Å²) in [5.74, 6) is 1.47. The number of hydrogen-bond acceptors (Lipinski definition) is 4. The molecule has 4 rings (SSSR count). The number of aromatic nitrogens is 6. The predicted octanol–water partition coefficient (Wildman–Crippen LogP) is 2.52. The van der Waals surface area contributed by atoms with Gasteiger partial charge in [-0.05, 0) is 35.9 Å². The van der Waals surface area contributed by atoms with Gasteiger partial charge < -0.3 is 0 Å². The van der Waals surface area contributed by atoms with Gasteiger partial charge in [-0.1, -0.05) is 6.07 Å². The van der Waals surface area contributed by atoms with E-state index in [-0.39, 0.29) is 0 Å². The molecule has 0 radical (unpaired) electrons. The Hall–Kier alpha value is -3.28. The average molecular weight is 288 g/mol. The molecule has 4 aromatic heterocycles. The molecule has 0 N–H and O–H groups in total. The van der Waals surface area contributed by atoms with E-state index in [1.165, 1.54) is 0 Å². The minimum Gasteiger partial charge on any atom is -0.264 e. The molecule has 4 aromatic rings. The molecule has 0 atom stereocenters. The maximum absolute atomic E-state index is 4.62. The molecule has 0 aliphatic rings. The van der Waals surface area contributed by atoms with Crippen LogP contribution in [0.4, 0.5) is 0 Å². The summed E-state index contributed by atoms with van der Waals surface area (Å²) in [6.45, 7) is 0. The van der Waals surface area contributed by atoms with Crippen LogP contribution in [0.5, 0.6) is 0 Å². The first-order valence-corrected chi connectivity index (χ1v) is 6.83. The van der Waals surface area contributed by atoms with Crippen molar-refractivity contribution in [1.82, 2.24) is 29.5 Å². The van der Waals surface area contributed by atoms with E-state index in [2.05, 4.69) is 20.2 Å². The van der Waals surface area contributed by atoms with E-state index in [9.17, 15) is 0 Å². The van der Waals surface area contributed by atoms with Crippen molar-refractivity contribution in [2.75, 3.05) is 0 Å². The van der Waals surface area contributed by atoms with E-state index in [0.717, 1.165) is 22.8 Å². The maximum Gasteiger partial charge on any atom is 0.156 e. The van der Waals surface area contributed by atoms with Crippen LogP contribution in [0.3, 0.4) is 0 Å². The molecule has 22 heavy (non-hydrogen) atoms. The van der Waals surface area contributed by atoms with E-state index in [1.807, 2.05) is 55.0 Å². The molecule has 0 bridgehead atoms. The number of rotatable bonds is 3. The molecule has 0 aromatic carbocycles. The third-order valence-corrected chi connectivity index (χ3v) is 3.27. The molecule has 106 valence electrons. The molecular weight excluding hydrogens is 276 g/mol. The van der Waals surface area contributed by atoms with Crippen molar-refractivity contribution in [3.05, 3.63) is 73.6 Å². The fourth-order valence-electron chi connectivity index (χ4n) is 2.25. The molecular formula is C16H12N6. The molecule has 0 saturated heterocycles. The Bertz CT molecular complexity index is 814. The van der Waals surface area contributed by atoms with Gasteiger partial charge in [-0.25, -0.2) is 14.3 Å². The van der Waals surface area contributed by atoms with Crippen molar-refractivity contribution in [2.24, 2.45) is 0 Å². The number of nitrogens with zero attached hydrogens (tertiary/aromatic N) is 6. The van der Waals surface area contributed by atoms with E-state index in [1.54, 1.807) is 28.0 Å². The lowest BCUT2D eigenvalue weighted by atomic mass is 10.1. The molecule has 0 unspecified atom stereocenters. The van der Waals surface area contributed by atoms with Crippen LogP contribution in [0.2, 0.25) is 0 Å². The second-order valence-electron chi connectivity index (χ2n) is 4.72. The zero-order valence-electron chi connectivity index (χ0n) is 11.6. The van der Waals surface area contributed by atoms with Gasteiger partial charge in [0.25, 0.3) is 0 Å². The van der Waals surface area contributed by atoms with Crippen LogP contribution >= 0.6 is 0 Å². The van der Waals surface area contributed by atoms with Crippen LogP contribution in [0, 0.1) is 0 Å². The fraction of sp³-hybridized carbons (Fsp3) is 0. The smallest absolute Gasteiger partial charge is 0.156 e. The van der Waals surface area contributed by atoms with E-state index in [0.29, 0.717) is 0 Å². The average Bonchev–Trinajstić information content (AvgIpc) is 3.29. The van der Waals surface area contributed by atoms with Crippen LogP contribution in [-0.2, 0) is 0 Å². The van der Waals surface area contributed by atoms with Crippen molar-refractivity contribution >= 4 is 0 Å². The third-order valence-electron chi connectivity index (χ3n) is 3.27. The summed E-state index contributed by atoms with van der Waals surface area (Å²) in [5.41, 5.74) is 2.03. The van der Waals surface area contributed by atoms with Crippen LogP contribution in [0.1, 0.15) is 0 Å². The lowest BCUT2D eigenvalue weighted by molar-refractivity contribution is 0.804. The number of hydrogen-bond donors (Lipinski definition) is 0. The maximum atomic E-state index is 4.62. The van der Waals surface area contributed by atoms with Crippen LogP contribution in [-0.4, -0.2) is 29.5 Å². The third kappa shape index (κ3) is 2.26. The molecule has 0 spiro atoms. The second-order valence-corrected chi connectivity index (χ2v) is 4.72. The van der Waals surface area contributed by atoms with Gasteiger partial charge in [0.15, 0.2) is 11.6 Å². The largest absolute Gasteiger partial charge is 0.264 e. The zero-order valence-corrected chi connectivity index (χ0v) is 11.6. The van der Waals surface area contributed by atoms with Gasteiger partial charge in [0, 0.05) is 42.7 Å². The van der Waals surface area contributed by atoms with Gasteiger partial charge in [0.05, 0.1) is 0 Å². The van der Waals surface area contributed by atoms with Crippen molar-refractivity contribution in [3.63, 3.8) is 0 Å². The molecule has 0 aliphatic heterocycles. The Kier molecular flexibility index (Phi) is 2.97. The van der Waals surface area contributed by atoms with Gasteiger partial charge in [-0.3, -0.25) is 4.98 Å². The van der Waals surface area contributed by atoms with Crippen LogP contribution < -0.4 is 0 Å². The summed E-state index contributed by atoms with van der Waals surface area (Å²) in [7, 11) is 0. The standard InChI is InChI=1S/C16H12N6/c1-4-13(12-17-5-1)14-10-15(21-8-2-6-18-21)20-16(11-14)22-9-3-7-19-22/h1-12H. The summed E-state index contributed by atoms with van der Waals surface area (Å²) < 4.78 is 3.46. The Morgan fingerprint density at radius 2 is 1.41 bits per heavy atom. The zero-order chi connectivity index (χ0) is 14.8. The Labute approximate surface area is 126 Å². The minimum atomic E-state index is 0.733. The minimum absolute atomic E-state index is 0.733.